The van der Waals surface area contributed by atoms with Crippen LogP contribution in [0, 0.1) is 6.92 Å². The van der Waals surface area contributed by atoms with E-state index in [2.05, 4.69) is 28.9 Å². The minimum absolute atomic E-state index is 0.620. The number of benzene rings is 2. The molecule has 0 radical (unpaired) electrons. The Hall–Kier alpha value is -0.990. The molecule has 17 heavy (non-hydrogen) atoms. The number of alkyl halides is 1. The third kappa shape index (κ3) is 3.02. The fourth-order valence-electron chi connectivity index (χ4n) is 1.54. The predicted octanol–water partition coefficient (Wildman–Crippen LogP) is 5.34. The number of aryl methyl sites for hydroxylation is 1. The van der Waals surface area contributed by atoms with Crippen molar-refractivity contribution in [1.29, 1.82) is 0 Å². The van der Waals surface area contributed by atoms with Crippen molar-refractivity contribution in [3.05, 3.63) is 58.6 Å². The quantitative estimate of drug-likeness (QED) is 0.696. The molecule has 2 rings (SSSR count). The smallest absolute Gasteiger partial charge is 0.146 e. The largest absolute Gasteiger partial charge is 0.456 e. The standard InChI is InChI=1S/C14H12BrClO/c1-10-8-12(7-6-11(10)9-15)17-14-5-3-2-4-13(14)16/h2-8H,9H2,1H3. The number of rotatable bonds is 3. The van der Waals surface area contributed by atoms with Crippen LogP contribution in [0.2, 0.25) is 5.02 Å². The topological polar surface area (TPSA) is 9.23 Å². The van der Waals surface area contributed by atoms with E-state index in [1.807, 2.05) is 36.4 Å². The summed E-state index contributed by atoms with van der Waals surface area (Å²) in [5, 5.41) is 1.47. The van der Waals surface area contributed by atoms with Crippen molar-refractivity contribution in [1.82, 2.24) is 0 Å². The molecule has 0 N–H and O–H groups in total. The Kier molecular flexibility index (Phi) is 4.08. The summed E-state index contributed by atoms with van der Waals surface area (Å²) in [7, 11) is 0. The highest BCUT2D eigenvalue weighted by Crippen LogP contribution is 2.30. The summed E-state index contributed by atoms with van der Waals surface area (Å²) in [6, 6.07) is 13.5. The van der Waals surface area contributed by atoms with Crippen LogP contribution in [0.25, 0.3) is 0 Å². The van der Waals surface area contributed by atoms with Crippen LogP contribution >= 0.6 is 27.5 Å². The van der Waals surface area contributed by atoms with Crippen molar-refractivity contribution in [2.75, 3.05) is 0 Å². The van der Waals surface area contributed by atoms with Gasteiger partial charge in [-0.25, -0.2) is 0 Å². The summed E-state index contributed by atoms with van der Waals surface area (Å²) < 4.78 is 5.74. The van der Waals surface area contributed by atoms with Gasteiger partial charge in [0.25, 0.3) is 0 Å². The van der Waals surface area contributed by atoms with Crippen molar-refractivity contribution in [3.63, 3.8) is 0 Å². The van der Waals surface area contributed by atoms with Crippen LogP contribution in [-0.2, 0) is 5.33 Å². The summed E-state index contributed by atoms with van der Waals surface area (Å²) in [6.07, 6.45) is 0. The van der Waals surface area contributed by atoms with E-state index >= 15 is 0 Å². The van der Waals surface area contributed by atoms with E-state index in [1.165, 1.54) is 11.1 Å². The van der Waals surface area contributed by atoms with Crippen molar-refractivity contribution in [2.24, 2.45) is 0 Å². The Morgan fingerprint density at radius 1 is 1.18 bits per heavy atom. The number of para-hydroxylation sites is 1. The summed E-state index contributed by atoms with van der Waals surface area (Å²) in [5.41, 5.74) is 2.46. The molecule has 0 amide bonds. The molecule has 3 heteroatoms. The molecule has 0 aliphatic carbocycles. The van der Waals surface area contributed by atoms with Crippen molar-refractivity contribution in [3.8, 4) is 11.5 Å². The number of ether oxygens (including phenoxy) is 1. The van der Waals surface area contributed by atoms with Crippen molar-refractivity contribution < 1.29 is 4.74 Å². The first-order valence-electron chi connectivity index (χ1n) is 5.28. The van der Waals surface area contributed by atoms with Crippen LogP contribution in [0.1, 0.15) is 11.1 Å². The van der Waals surface area contributed by atoms with Crippen LogP contribution in [0.15, 0.2) is 42.5 Å². The van der Waals surface area contributed by atoms with E-state index in [1.54, 1.807) is 0 Å². The average Bonchev–Trinajstić information content (AvgIpc) is 2.32. The lowest BCUT2D eigenvalue weighted by Crippen LogP contribution is -1.89. The van der Waals surface area contributed by atoms with Gasteiger partial charge in [-0.2, -0.15) is 0 Å². The molecular formula is C14H12BrClO. The molecule has 88 valence electrons. The van der Waals surface area contributed by atoms with Crippen molar-refractivity contribution in [2.45, 2.75) is 12.3 Å². The van der Waals surface area contributed by atoms with Gasteiger partial charge >= 0.3 is 0 Å². The Morgan fingerprint density at radius 2 is 1.94 bits per heavy atom. The van der Waals surface area contributed by atoms with Gasteiger partial charge in [-0.15, -0.1) is 0 Å². The van der Waals surface area contributed by atoms with Gasteiger partial charge in [-0.1, -0.05) is 45.7 Å². The molecule has 1 nitrogen and oxygen atoms in total. The fourth-order valence-corrected chi connectivity index (χ4v) is 2.34. The Bertz CT molecular complexity index is 525. The van der Waals surface area contributed by atoms with Crippen LogP contribution in [-0.4, -0.2) is 0 Å². The maximum Gasteiger partial charge on any atom is 0.146 e. The van der Waals surface area contributed by atoms with Crippen molar-refractivity contribution >= 4 is 27.5 Å². The van der Waals surface area contributed by atoms with Gasteiger partial charge in [0.1, 0.15) is 11.5 Å². The van der Waals surface area contributed by atoms with E-state index in [9.17, 15) is 0 Å². The van der Waals surface area contributed by atoms with Gasteiger partial charge in [0.05, 0.1) is 5.02 Å². The lowest BCUT2D eigenvalue weighted by Gasteiger charge is -2.09. The van der Waals surface area contributed by atoms with Gasteiger partial charge in [0, 0.05) is 5.33 Å². The molecule has 0 bridgehead atoms. The fraction of sp³-hybridized carbons (Fsp3) is 0.143. The highest BCUT2D eigenvalue weighted by molar-refractivity contribution is 9.08. The molecule has 0 saturated carbocycles. The molecule has 2 aromatic carbocycles. The van der Waals surface area contributed by atoms with Gasteiger partial charge in [0.15, 0.2) is 0 Å². The molecule has 0 unspecified atom stereocenters. The molecule has 0 heterocycles. The van der Waals surface area contributed by atoms with E-state index in [0.29, 0.717) is 10.8 Å². The van der Waals surface area contributed by atoms with Crippen LogP contribution in [0.5, 0.6) is 11.5 Å². The molecule has 0 aliphatic rings. The lowest BCUT2D eigenvalue weighted by atomic mass is 10.1. The Morgan fingerprint density at radius 3 is 2.59 bits per heavy atom. The third-order valence-electron chi connectivity index (χ3n) is 2.52. The van der Waals surface area contributed by atoms with Gasteiger partial charge < -0.3 is 4.74 Å². The highest BCUT2D eigenvalue weighted by atomic mass is 79.9. The van der Waals surface area contributed by atoms with E-state index in [0.717, 1.165) is 11.1 Å². The molecule has 0 aromatic heterocycles. The second-order valence-corrected chi connectivity index (χ2v) is 4.72. The van der Waals surface area contributed by atoms with Crippen LogP contribution in [0.3, 0.4) is 0 Å². The Balaban J connectivity index is 2.25. The van der Waals surface area contributed by atoms with E-state index in [4.69, 9.17) is 16.3 Å². The van der Waals surface area contributed by atoms with Gasteiger partial charge in [0.2, 0.25) is 0 Å². The first-order chi connectivity index (χ1) is 8.20. The monoisotopic (exact) mass is 310 g/mol. The normalized spacial score (nSPS) is 10.3. The molecule has 0 spiro atoms. The maximum atomic E-state index is 6.04. The molecule has 0 fully saturated rings. The molecule has 0 atom stereocenters. The summed E-state index contributed by atoms with van der Waals surface area (Å²) >= 11 is 9.49. The van der Waals surface area contributed by atoms with E-state index < -0.39 is 0 Å². The molecule has 2 aromatic rings. The minimum Gasteiger partial charge on any atom is -0.456 e. The highest BCUT2D eigenvalue weighted by Gasteiger charge is 2.03. The Labute approximate surface area is 115 Å². The van der Waals surface area contributed by atoms with Gasteiger partial charge in [-0.3, -0.25) is 0 Å². The first kappa shape index (κ1) is 12.5. The number of hydrogen-bond acceptors (Lipinski definition) is 1. The summed E-state index contributed by atoms with van der Waals surface area (Å²) in [5.74, 6) is 1.49. The second-order valence-electron chi connectivity index (χ2n) is 3.75. The third-order valence-corrected chi connectivity index (χ3v) is 3.44. The van der Waals surface area contributed by atoms with Crippen LogP contribution < -0.4 is 4.74 Å². The zero-order chi connectivity index (χ0) is 12.3. The predicted molar refractivity (Wildman–Crippen MR) is 75.3 cm³/mol. The SMILES string of the molecule is Cc1cc(Oc2ccccc2Cl)ccc1CBr. The van der Waals surface area contributed by atoms with Crippen LogP contribution in [0.4, 0.5) is 0 Å². The zero-order valence-corrected chi connectivity index (χ0v) is 11.8. The number of halogens is 2. The van der Waals surface area contributed by atoms with E-state index in [-0.39, 0.29) is 0 Å². The maximum absolute atomic E-state index is 6.04. The first-order valence-corrected chi connectivity index (χ1v) is 6.78. The molecule has 0 aliphatic heterocycles. The minimum atomic E-state index is 0.620. The molecular weight excluding hydrogens is 300 g/mol. The summed E-state index contributed by atoms with van der Waals surface area (Å²) in [4.78, 5) is 0. The lowest BCUT2D eigenvalue weighted by molar-refractivity contribution is 0.482. The zero-order valence-electron chi connectivity index (χ0n) is 9.41. The van der Waals surface area contributed by atoms with Gasteiger partial charge in [-0.05, 0) is 42.3 Å². The second kappa shape index (κ2) is 5.56. The molecule has 0 saturated heterocycles. The summed E-state index contributed by atoms with van der Waals surface area (Å²) in [6.45, 7) is 2.07. The average molecular weight is 312 g/mol. The number of hydrogen-bond donors (Lipinski definition) is 0.